The molecule has 4 atom stereocenters. The lowest BCUT2D eigenvalue weighted by molar-refractivity contribution is -0.153. The highest BCUT2D eigenvalue weighted by Gasteiger charge is 2.64. The van der Waals surface area contributed by atoms with E-state index in [4.69, 9.17) is 10.5 Å². The standard InChI is InChI=1S/C29H30N2O8/c1-4-39-15-7-5-13(6-8-15)16-9-10-19(32)21-17(16)11-14-12-18-23(31(2)3)25(34)22(28(30)37)27(36)29(18,38)26(35)20(14)24(21)33/h5-10,14,18,23,32-33,36,38H,4,11-12H2,1-3H3,(H2,30,37)/t14-,18-,23+,29-/m1/s1. The summed E-state index contributed by atoms with van der Waals surface area (Å²) >= 11 is 0. The summed E-state index contributed by atoms with van der Waals surface area (Å²) < 4.78 is 5.52. The van der Waals surface area contributed by atoms with Crippen LogP contribution in [0.1, 0.15) is 24.5 Å². The van der Waals surface area contributed by atoms with Gasteiger partial charge in [0.1, 0.15) is 28.6 Å². The Kier molecular flexibility index (Phi) is 6.27. The molecule has 0 saturated heterocycles. The molecule has 5 rings (SSSR count). The molecule has 6 N–H and O–H groups in total. The Hall–Kier alpha value is -4.15. The van der Waals surface area contributed by atoms with Gasteiger partial charge in [-0.15, -0.1) is 0 Å². The Morgan fingerprint density at radius 3 is 2.36 bits per heavy atom. The predicted octanol–water partition coefficient (Wildman–Crippen LogP) is 2.03. The van der Waals surface area contributed by atoms with Crippen molar-refractivity contribution in [2.75, 3.05) is 20.7 Å². The van der Waals surface area contributed by atoms with E-state index < -0.39 is 58.0 Å². The maximum Gasteiger partial charge on any atom is 0.255 e. The molecule has 2 aromatic carbocycles. The minimum absolute atomic E-state index is 0.0319. The van der Waals surface area contributed by atoms with Crippen LogP contribution in [0.15, 0.2) is 53.3 Å². The molecule has 2 aromatic rings. The molecular weight excluding hydrogens is 504 g/mol. The number of phenolic OH excluding ortho intramolecular Hbond substituents is 1. The fourth-order valence-corrected chi connectivity index (χ4v) is 6.41. The molecule has 0 aliphatic heterocycles. The normalized spacial score (nSPS) is 26.3. The number of benzene rings is 2. The van der Waals surface area contributed by atoms with Crippen LogP contribution in [-0.4, -0.2) is 75.1 Å². The number of primary amides is 1. The monoisotopic (exact) mass is 534 g/mol. The van der Waals surface area contributed by atoms with Crippen molar-refractivity contribution < 1.29 is 39.5 Å². The Morgan fingerprint density at radius 1 is 1.10 bits per heavy atom. The summed E-state index contributed by atoms with van der Waals surface area (Å²) in [4.78, 5) is 40.7. The van der Waals surface area contributed by atoms with Gasteiger partial charge < -0.3 is 30.9 Å². The Labute approximate surface area is 224 Å². The molecule has 204 valence electrons. The number of amides is 1. The first-order valence-electron chi connectivity index (χ1n) is 12.7. The highest BCUT2D eigenvalue weighted by molar-refractivity contribution is 6.24. The summed E-state index contributed by atoms with van der Waals surface area (Å²) in [6.07, 6.45) is 0.246. The third-order valence-electron chi connectivity index (χ3n) is 8.08. The first kappa shape index (κ1) is 26.5. The summed E-state index contributed by atoms with van der Waals surface area (Å²) in [7, 11) is 3.13. The molecule has 39 heavy (non-hydrogen) atoms. The molecule has 3 aliphatic rings. The van der Waals surface area contributed by atoms with Crippen molar-refractivity contribution in [3.63, 3.8) is 0 Å². The van der Waals surface area contributed by atoms with Gasteiger partial charge in [-0.25, -0.2) is 0 Å². The number of nitrogens with zero attached hydrogens (tertiary/aromatic N) is 1. The number of hydrogen-bond donors (Lipinski definition) is 5. The molecule has 0 bridgehead atoms. The molecular formula is C29H30N2O8. The van der Waals surface area contributed by atoms with Crippen LogP contribution in [0.5, 0.6) is 11.5 Å². The van der Waals surface area contributed by atoms with Crippen LogP contribution in [-0.2, 0) is 20.8 Å². The highest BCUT2D eigenvalue weighted by Crippen LogP contribution is 2.53. The lowest BCUT2D eigenvalue weighted by atomic mass is 9.57. The van der Waals surface area contributed by atoms with Crippen molar-refractivity contribution in [1.29, 1.82) is 0 Å². The molecule has 0 radical (unpaired) electrons. The number of Topliss-reactive ketones (excluding diaryl/α,β-unsaturated/α-hetero) is 2. The van der Waals surface area contributed by atoms with Crippen molar-refractivity contribution in [3.05, 3.63) is 64.4 Å². The molecule has 0 aromatic heterocycles. The number of likely N-dealkylation sites (N-methyl/N-ethyl adjacent to an activating group) is 1. The average molecular weight is 535 g/mol. The van der Waals surface area contributed by atoms with Crippen LogP contribution >= 0.6 is 0 Å². The fraction of sp³-hybridized carbons (Fsp3) is 0.345. The summed E-state index contributed by atoms with van der Waals surface area (Å²) in [5.74, 6) is -6.04. The van der Waals surface area contributed by atoms with Crippen molar-refractivity contribution >= 4 is 23.2 Å². The molecule has 3 aliphatic carbocycles. The van der Waals surface area contributed by atoms with Crippen molar-refractivity contribution in [2.24, 2.45) is 17.6 Å². The molecule has 1 fully saturated rings. The summed E-state index contributed by atoms with van der Waals surface area (Å²) in [5.41, 5.74) is 3.87. The molecule has 10 heteroatoms. The van der Waals surface area contributed by atoms with Gasteiger partial charge >= 0.3 is 0 Å². The zero-order valence-corrected chi connectivity index (χ0v) is 21.8. The quantitative estimate of drug-likeness (QED) is 0.360. The smallest absolute Gasteiger partial charge is 0.255 e. The van der Waals surface area contributed by atoms with E-state index in [1.54, 1.807) is 20.2 Å². The maximum absolute atomic E-state index is 13.9. The first-order valence-corrected chi connectivity index (χ1v) is 12.7. The number of aliphatic hydroxyl groups excluding tert-OH is 2. The second kappa shape index (κ2) is 9.25. The van der Waals surface area contributed by atoms with Gasteiger partial charge in [-0.05, 0) is 74.7 Å². The van der Waals surface area contributed by atoms with Crippen LogP contribution in [0.25, 0.3) is 16.9 Å². The van der Waals surface area contributed by atoms with Crippen molar-refractivity contribution in [2.45, 2.75) is 31.4 Å². The SMILES string of the molecule is CCOc1ccc(-c2ccc(O)c3c2C[C@@H]2C[C@@H]4[C@H](N(C)C)C(=O)C(C(N)=O)=C(O)[C@]4(O)C(=O)C2=C3O)cc1. The van der Waals surface area contributed by atoms with Crippen LogP contribution in [0.4, 0.5) is 0 Å². The van der Waals surface area contributed by atoms with Crippen LogP contribution < -0.4 is 10.5 Å². The minimum Gasteiger partial charge on any atom is -0.508 e. The number of aromatic hydroxyl groups is 1. The summed E-state index contributed by atoms with van der Waals surface area (Å²) in [6.45, 7) is 2.40. The molecule has 0 spiro atoms. The number of nitrogens with two attached hydrogens (primary N) is 1. The van der Waals surface area contributed by atoms with Crippen molar-refractivity contribution in [3.8, 4) is 22.6 Å². The molecule has 0 unspecified atom stereocenters. The largest absolute Gasteiger partial charge is 0.508 e. The number of aliphatic hydroxyl groups is 3. The number of rotatable bonds is 5. The van der Waals surface area contributed by atoms with E-state index in [0.29, 0.717) is 17.9 Å². The van der Waals surface area contributed by atoms with E-state index in [-0.39, 0.29) is 29.7 Å². The van der Waals surface area contributed by atoms with Crippen molar-refractivity contribution in [1.82, 2.24) is 4.90 Å². The lowest BCUT2D eigenvalue weighted by Gasteiger charge is -2.50. The second-order valence-electron chi connectivity index (χ2n) is 10.4. The number of carbonyl (C=O) groups excluding carboxylic acids is 3. The third kappa shape index (κ3) is 3.74. The van der Waals surface area contributed by atoms with E-state index >= 15 is 0 Å². The number of fused-ring (bicyclic) bond motifs is 3. The van der Waals surface area contributed by atoms with E-state index in [0.717, 1.165) is 11.1 Å². The number of ether oxygens (including phenoxy) is 1. The predicted molar refractivity (Wildman–Crippen MR) is 141 cm³/mol. The van der Waals surface area contributed by atoms with Gasteiger partial charge in [-0.3, -0.25) is 19.3 Å². The van der Waals surface area contributed by atoms with Gasteiger partial charge in [-0.2, -0.15) is 0 Å². The molecule has 0 heterocycles. The van der Waals surface area contributed by atoms with E-state index in [1.807, 2.05) is 31.2 Å². The highest BCUT2D eigenvalue weighted by atomic mass is 16.5. The van der Waals surface area contributed by atoms with E-state index in [2.05, 4.69) is 0 Å². The topological polar surface area (TPSA) is 171 Å². The number of phenols is 1. The minimum atomic E-state index is -2.66. The van der Waals surface area contributed by atoms with Crippen LogP contribution in [0.3, 0.4) is 0 Å². The van der Waals surface area contributed by atoms with E-state index in [9.17, 15) is 34.8 Å². The Balaban J connectivity index is 1.69. The maximum atomic E-state index is 13.9. The lowest BCUT2D eigenvalue weighted by Crippen LogP contribution is -2.65. The second-order valence-corrected chi connectivity index (χ2v) is 10.4. The summed E-state index contributed by atoms with van der Waals surface area (Å²) in [5, 5.41) is 44.7. The van der Waals surface area contributed by atoms with Gasteiger partial charge in [0, 0.05) is 11.5 Å². The average Bonchev–Trinajstić information content (AvgIpc) is 2.87. The molecule has 1 amide bonds. The fourth-order valence-electron chi connectivity index (χ4n) is 6.41. The Morgan fingerprint density at radius 2 is 1.77 bits per heavy atom. The molecule has 1 saturated carbocycles. The number of ketones is 2. The van der Waals surface area contributed by atoms with Crippen LogP contribution in [0.2, 0.25) is 0 Å². The van der Waals surface area contributed by atoms with E-state index in [1.165, 1.54) is 11.0 Å². The number of carbonyl (C=O) groups is 3. The zero-order chi connectivity index (χ0) is 28.4. The third-order valence-corrected chi connectivity index (χ3v) is 8.08. The summed E-state index contributed by atoms with van der Waals surface area (Å²) in [6, 6.07) is 9.35. The van der Waals surface area contributed by atoms with Gasteiger partial charge in [-0.1, -0.05) is 18.2 Å². The number of hydrogen-bond acceptors (Lipinski definition) is 9. The van der Waals surface area contributed by atoms with Gasteiger partial charge in [0.15, 0.2) is 11.4 Å². The molecule has 10 nitrogen and oxygen atoms in total. The van der Waals surface area contributed by atoms with Crippen LogP contribution in [0, 0.1) is 11.8 Å². The first-order chi connectivity index (χ1) is 18.4. The zero-order valence-electron chi connectivity index (χ0n) is 21.8. The Bertz CT molecular complexity index is 1470. The van der Waals surface area contributed by atoms with Gasteiger partial charge in [0.2, 0.25) is 5.78 Å². The van der Waals surface area contributed by atoms with Gasteiger partial charge in [0.05, 0.1) is 18.2 Å². The van der Waals surface area contributed by atoms with Gasteiger partial charge in [0.25, 0.3) is 5.91 Å².